The lowest BCUT2D eigenvalue weighted by molar-refractivity contribution is -0.134. The molecule has 0 radical (unpaired) electrons. The highest BCUT2D eigenvalue weighted by molar-refractivity contribution is 5.94. The molecule has 2 rings (SSSR count). The summed E-state index contributed by atoms with van der Waals surface area (Å²) in [5.41, 5.74) is 4.98. The van der Waals surface area contributed by atoms with Gasteiger partial charge in [-0.2, -0.15) is 5.01 Å². The molecule has 1 aliphatic rings. The fourth-order valence-corrected chi connectivity index (χ4v) is 2.37. The average molecular weight is 281 g/mol. The lowest BCUT2D eigenvalue weighted by atomic mass is 9.95. The van der Waals surface area contributed by atoms with Gasteiger partial charge in [-0.3, -0.25) is 4.79 Å². The number of likely N-dealkylation sites (N-methyl/N-ethyl adjacent to an activating group) is 1. The largest absolute Gasteiger partial charge is 0.366 e. The number of hydrazine groups is 1. The van der Waals surface area contributed by atoms with Crippen molar-refractivity contribution < 1.29 is 13.6 Å². The van der Waals surface area contributed by atoms with E-state index in [4.69, 9.17) is 5.73 Å². The molecule has 1 aromatic carbocycles. The van der Waals surface area contributed by atoms with E-state index in [2.05, 4.69) is 0 Å². The molecule has 2 N–H and O–H groups in total. The molecule has 0 saturated carbocycles. The number of carbonyl (C=O) groups is 1. The van der Waals surface area contributed by atoms with Crippen molar-refractivity contribution in [2.24, 2.45) is 5.73 Å². The van der Waals surface area contributed by atoms with E-state index in [1.54, 1.807) is 25.1 Å². The van der Waals surface area contributed by atoms with Crippen LogP contribution in [0.15, 0.2) is 42.1 Å². The molecule has 2 atom stereocenters. The van der Waals surface area contributed by atoms with Crippen molar-refractivity contribution in [1.82, 2.24) is 10.0 Å². The molecule has 0 aliphatic carbocycles. The molecule has 6 heteroatoms. The highest BCUT2D eigenvalue weighted by atomic mass is 19.2. The highest BCUT2D eigenvalue weighted by Gasteiger charge is 2.55. The minimum atomic E-state index is -2.59. The quantitative estimate of drug-likeness (QED) is 0.858. The van der Waals surface area contributed by atoms with E-state index < -0.39 is 17.9 Å². The number of carbonyl (C=O) groups excluding carboxylic acids is 1. The van der Waals surface area contributed by atoms with Crippen LogP contribution in [0.5, 0.6) is 0 Å². The van der Waals surface area contributed by atoms with E-state index in [-0.39, 0.29) is 11.1 Å². The molecule has 20 heavy (non-hydrogen) atoms. The Labute approximate surface area is 116 Å². The maximum Gasteiger partial charge on any atom is 0.251 e. The second-order valence-corrected chi connectivity index (χ2v) is 4.63. The third kappa shape index (κ3) is 2.06. The zero-order valence-corrected chi connectivity index (χ0v) is 11.4. The smallest absolute Gasteiger partial charge is 0.251 e. The Balaban J connectivity index is 2.46. The van der Waals surface area contributed by atoms with Gasteiger partial charge in [0.1, 0.15) is 0 Å². The summed E-state index contributed by atoms with van der Waals surface area (Å²) in [5, 5.41) is 2.50. The number of hydrogen-bond donors (Lipinski definition) is 1. The van der Waals surface area contributed by atoms with Gasteiger partial charge in [0.05, 0.1) is 5.57 Å². The lowest BCUT2D eigenvalue weighted by Crippen LogP contribution is -2.50. The number of halogens is 2. The second kappa shape index (κ2) is 5.20. The Kier molecular flexibility index (Phi) is 3.76. The third-order valence-corrected chi connectivity index (χ3v) is 3.53. The van der Waals surface area contributed by atoms with Crippen LogP contribution in [-0.2, 0) is 4.79 Å². The van der Waals surface area contributed by atoms with Crippen LogP contribution in [0.4, 0.5) is 8.78 Å². The van der Waals surface area contributed by atoms with E-state index >= 15 is 4.39 Å². The number of benzene rings is 1. The Morgan fingerprint density at radius 3 is 2.50 bits per heavy atom. The van der Waals surface area contributed by atoms with E-state index in [1.165, 1.54) is 30.4 Å². The first kappa shape index (κ1) is 14.5. The van der Waals surface area contributed by atoms with Crippen LogP contribution in [0.1, 0.15) is 18.7 Å². The molecule has 0 spiro atoms. The average Bonchev–Trinajstić information content (AvgIpc) is 2.72. The summed E-state index contributed by atoms with van der Waals surface area (Å²) in [6, 6.07) is 7.90. The summed E-state index contributed by atoms with van der Waals surface area (Å²) in [5.74, 6) is -3.56. The summed E-state index contributed by atoms with van der Waals surface area (Å²) in [6.07, 6.45) is -0.748. The SMILES string of the molecule is CCN1C=C(C(N)=O)C(F)(C(F)c2ccccc2)N1C. The first-order chi connectivity index (χ1) is 9.42. The van der Waals surface area contributed by atoms with Crippen LogP contribution in [0.3, 0.4) is 0 Å². The summed E-state index contributed by atoms with van der Waals surface area (Å²) >= 11 is 0. The van der Waals surface area contributed by atoms with Crippen LogP contribution in [-0.4, -0.2) is 35.3 Å². The number of alkyl halides is 2. The van der Waals surface area contributed by atoms with Crippen molar-refractivity contribution in [2.75, 3.05) is 13.6 Å². The van der Waals surface area contributed by atoms with Crippen molar-refractivity contribution in [3.8, 4) is 0 Å². The van der Waals surface area contributed by atoms with Gasteiger partial charge < -0.3 is 10.7 Å². The van der Waals surface area contributed by atoms with Crippen molar-refractivity contribution in [3.63, 3.8) is 0 Å². The molecular formula is C14H17F2N3O. The summed E-state index contributed by atoms with van der Waals surface area (Å²) in [4.78, 5) is 11.5. The van der Waals surface area contributed by atoms with Gasteiger partial charge in [-0.25, -0.2) is 8.78 Å². The number of rotatable bonds is 4. The molecule has 108 valence electrons. The van der Waals surface area contributed by atoms with E-state index in [9.17, 15) is 9.18 Å². The van der Waals surface area contributed by atoms with Crippen molar-refractivity contribution in [2.45, 2.75) is 18.9 Å². The van der Waals surface area contributed by atoms with Crippen LogP contribution >= 0.6 is 0 Å². The predicted octanol–water partition coefficient (Wildman–Crippen LogP) is 1.91. The molecule has 1 aliphatic heterocycles. The molecule has 0 fully saturated rings. The normalized spacial score (nSPS) is 24.6. The van der Waals surface area contributed by atoms with Crippen LogP contribution in [0.2, 0.25) is 0 Å². The van der Waals surface area contributed by atoms with E-state index in [0.29, 0.717) is 6.54 Å². The number of nitrogens with two attached hydrogens (primary N) is 1. The molecule has 4 nitrogen and oxygen atoms in total. The molecule has 2 unspecified atom stereocenters. The van der Waals surface area contributed by atoms with Crippen molar-refractivity contribution in [1.29, 1.82) is 0 Å². The van der Waals surface area contributed by atoms with Crippen molar-refractivity contribution in [3.05, 3.63) is 47.7 Å². The standard InChI is InChI=1S/C14H17F2N3O/c1-3-19-9-11(13(17)20)14(16,18(19)2)12(15)10-7-5-4-6-8-10/h4-9,12H,3H2,1-2H3,(H2,17,20). The van der Waals surface area contributed by atoms with Gasteiger partial charge in [0.15, 0.2) is 6.17 Å². The molecule has 1 heterocycles. The monoisotopic (exact) mass is 281 g/mol. The van der Waals surface area contributed by atoms with Gasteiger partial charge in [-0.15, -0.1) is 0 Å². The maximum absolute atomic E-state index is 15.3. The van der Waals surface area contributed by atoms with Gasteiger partial charge in [-0.05, 0) is 12.5 Å². The Bertz CT molecular complexity index is 534. The zero-order valence-electron chi connectivity index (χ0n) is 11.4. The molecule has 0 bridgehead atoms. The fourth-order valence-electron chi connectivity index (χ4n) is 2.37. The minimum Gasteiger partial charge on any atom is -0.366 e. The van der Waals surface area contributed by atoms with E-state index in [1.807, 2.05) is 0 Å². The van der Waals surface area contributed by atoms with Gasteiger partial charge >= 0.3 is 0 Å². The predicted molar refractivity (Wildman–Crippen MR) is 71.6 cm³/mol. The second-order valence-electron chi connectivity index (χ2n) is 4.63. The van der Waals surface area contributed by atoms with Gasteiger partial charge in [0.2, 0.25) is 5.79 Å². The third-order valence-electron chi connectivity index (χ3n) is 3.53. The maximum atomic E-state index is 15.3. The minimum absolute atomic E-state index is 0.159. The number of hydrogen-bond acceptors (Lipinski definition) is 3. The topological polar surface area (TPSA) is 49.6 Å². The number of nitrogens with zero attached hydrogens (tertiary/aromatic N) is 2. The molecule has 1 aromatic rings. The summed E-state index contributed by atoms with van der Waals surface area (Å²) in [6.45, 7) is 2.17. The van der Waals surface area contributed by atoms with Crippen LogP contribution < -0.4 is 5.73 Å². The highest BCUT2D eigenvalue weighted by Crippen LogP contribution is 2.45. The van der Waals surface area contributed by atoms with Gasteiger partial charge in [0, 0.05) is 19.8 Å². The first-order valence-corrected chi connectivity index (χ1v) is 6.33. The van der Waals surface area contributed by atoms with Crippen LogP contribution in [0.25, 0.3) is 0 Å². The first-order valence-electron chi connectivity index (χ1n) is 6.33. The van der Waals surface area contributed by atoms with Crippen LogP contribution in [0, 0.1) is 0 Å². The molecule has 0 saturated heterocycles. The lowest BCUT2D eigenvalue weighted by Gasteiger charge is -2.36. The zero-order chi connectivity index (χ0) is 14.9. The van der Waals surface area contributed by atoms with Gasteiger partial charge in [-0.1, -0.05) is 30.3 Å². The van der Waals surface area contributed by atoms with Gasteiger partial charge in [0.25, 0.3) is 5.91 Å². The fraction of sp³-hybridized carbons (Fsp3) is 0.357. The number of amides is 1. The molecule has 1 amide bonds. The molecule has 0 aromatic heterocycles. The Morgan fingerprint density at radius 2 is 2.00 bits per heavy atom. The Hall–Kier alpha value is -1.95. The molecular weight excluding hydrogens is 264 g/mol. The number of primary amides is 1. The Morgan fingerprint density at radius 1 is 1.40 bits per heavy atom. The summed E-state index contributed by atoms with van der Waals surface area (Å²) in [7, 11) is 1.39. The van der Waals surface area contributed by atoms with Crippen molar-refractivity contribution >= 4 is 5.91 Å². The summed E-state index contributed by atoms with van der Waals surface area (Å²) < 4.78 is 30.0. The van der Waals surface area contributed by atoms with E-state index in [0.717, 1.165) is 5.01 Å².